The van der Waals surface area contributed by atoms with Crippen LogP contribution in [-0.4, -0.2) is 39.8 Å². The molecule has 4 rings (SSSR count). The third kappa shape index (κ3) is 3.98. The summed E-state index contributed by atoms with van der Waals surface area (Å²) in [6.07, 6.45) is 1.82. The van der Waals surface area contributed by atoms with Gasteiger partial charge in [0, 0.05) is 29.7 Å². The molecule has 0 bridgehead atoms. The van der Waals surface area contributed by atoms with Crippen molar-refractivity contribution in [3.63, 3.8) is 0 Å². The molecule has 132 valence electrons. The zero-order valence-electron chi connectivity index (χ0n) is 13.4. The van der Waals surface area contributed by atoms with Crippen LogP contribution in [0.15, 0.2) is 41.1 Å². The number of halogens is 1. The van der Waals surface area contributed by atoms with Gasteiger partial charge >= 0.3 is 0 Å². The van der Waals surface area contributed by atoms with Gasteiger partial charge in [0.1, 0.15) is 0 Å². The number of anilines is 1. The summed E-state index contributed by atoms with van der Waals surface area (Å²) < 4.78 is 11.1. The molecule has 3 aromatic rings. The number of hydrogen-bond donors (Lipinski definition) is 1. The lowest BCUT2D eigenvalue weighted by Gasteiger charge is -2.33. The van der Waals surface area contributed by atoms with Gasteiger partial charge in [-0.05, 0) is 12.1 Å². The first-order valence-electron chi connectivity index (χ1n) is 7.70. The first kappa shape index (κ1) is 17.8. The van der Waals surface area contributed by atoms with E-state index in [1.54, 1.807) is 0 Å². The van der Waals surface area contributed by atoms with Crippen LogP contribution in [0.25, 0.3) is 11.5 Å². The van der Waals surface area contributed by atoms with Crippen LogP contribution in [0.4, 0.5) is 5.13 Å². The second-order valence-electron chi connectivity index (χ2n) is 5.55. The van der Waals surface area contributed by atoms with Gasteiger partial charge in [-0.25, -0.2) is 4.98 Å². The summed E-state index contributed by atoms with van der Waals surface area (Å²) in [5, 5.41) is 4.75. The monoisotopic (exact) mass is 379 g/mol. The van der Waals surface area contributed by atoms with Crippen LogP contribution in [0.5, 0.6) is 0 Å². The lowest BCUT2D eigenvalue weighted by Crippen LogP contribution is -2.39. The number of thiazole rings is 1. The van der Waals surface area contributed by atoms with E-state index in [-0.39, 0.29) is 18.4 Å². The van der Waals surface area contributed by atoms with E-state index in [9.17, 15) is 0 Å². The number of ether oxygens (including phenoxy) is 1. The van der Waals surface area contributed by atoms with E-state index in [1.165, 1.54) is 11.3 Å². The highest BCUT2D eigenvalue weighted by Gasteiger charge is 2.29. The minimum atomic E-state index is -0.0386. The van der Waals surface area contributed by atoms with Crippen LogP contribution < -0.4 is 5.73 Å². The van der Waals surface area contributed by atoms with Gasteiger partial charge in [-0.3, -0.25) is 4.90 Å². The van der Waals surface area contributed by atoms with Gasteiger partial charge in [-0.2, -0.15) is 4.98 Å². The van der Waals surface area contributed by atoms with Crippen molar-refractivity contribution in [1.82, 2.24) is 20.0 Å². The first-order chi connectivity index (χ1) is 11.8. The summed E-state index contributed by atoms with van der Waals surface area (Å²) >= 11 is 1.50. The standard InChI is InChI=1S/C16H17N5O2S.ClH/c17-16-18-8-12(24-16)9-21-6-7-22-10-13(21)14-19-15(23-20-14)11-4-2-1-3-5-11;/h1-5,8,13H,6-7,9-10H2,(H2,17,18);1H. The number of aromatic nitrogens is 3. The maximum absolute atomic E-state index is 5.72. The summed E-state index contributed by atoms with van der Waals surface area (Å²) in [4.78, 5) is 12.1. The van der Waals surface area contributed by atoms with E-state index >= 15 is 0 Å². The molecule has 1 fully saturated rings. The molecule has 2 N–H and O–H groups in total. The molecule has 0 spiro atoms. The average molecular weight is 380 g/mol. The molecule has 25 heavy (non-hydrogen) atoms. The Morgan fingerprint density at radius 1 is 1.28 bits per heavy atom. The topological polar surface area (TPSA) is 90.3 Å². The number of rotatable bonds is 4. The summed E-state index contributed by atoms with van der Waals surface area (Å²) in [7, 11) is 0. The Kier molecular flexibility index (Phi) is 5.64. The molecule has 1 aliphatic rings. The van der Waals surface area contributed by atoms with Crippen LogP contribution >= 0.6 is 23.7 Å². The van der Waals surface area contributed by atoms with E-state index in [0.29, 0.717) is 30.1 Å². The number of nitrogens with zero attached hydrogens (tertiary/aromatic N) is 4. The molecule has 7 nitrogen and oxygen atoms in total. The van der Waals surface area contributed by atoms with Gasteiger partial charge in [-0.1, -0.05) is 23.4 Å². The fraction of sp³-hybridized carbons (Fsp3) is 0.312. The van der Waals surface area contributed by atoms with Crippen LogP contribution in [0.3, 0.4) is 0 Å². The van der Waals surface area contributed by atoms with Crippen molar-refractivity contribution in [3.05, 3.63) is 47.2 Å². The molecule has 1 saturated heterocycles. The number of nitrogen functional groups attached to an aromatic ring is 1. The SMILES string of the molecule is Cl.Nc1ncc(CN2CCOCC2c2noc(-c3ccccc3)n2)s1. The summed E-state index contributed by atoms with van der Waals surface area (Å²) in [6.45, 7) is 2.78. The molecule has 0 saturated carbocycles. The fourth-order valence-corrected chi connectivity index (χ4v) is 3.44. The highest BCUT2D eigenvalue weighted by molar-refractivity contribution is 7.15. The lowest BCUT2D eigenvalue weighted by molar-refractivity contribution is -0.0162. The van der Waals surface area contributed by atoms with Crippen molar-refractivity contribution in [1.29, 1.82) is 0 Å². The molecule has 0 radical (unpaired) electrons. The number of hydrogen-bond acceptors (Lipinski definition) is 8. The van der Waals surface area contributed by atoms with Crippen LogP contribution in [0.2, 0.25) is 0 Å². The highest BCUT2D eigenvalue weighted by Crippen LogP contribution is 2.27. The summed E-state index contributed by atoms with van der Waals surface area (Å²) in [6, 6.07) is 9.72. The molecule has 3 heterocycles. The Hall–Kier alpha value is -2.00. The largest absolute Gasteiger partial charge is 0.378 e. The predicted molar refractivity (Wildman–Crippen MR) is 97.5 cm³/mol. The molecule has 1 unspecified atom stereocenters. The fourth-order valence-electron chi connectivity index (χ4n) is 2.73. The van der Waals surface area contributed by atoms with Gasteiger partial charge in [0.15, 0.2) is 11.0 Å². The Morgan fingerprint density at radius 2 is 2.12 bits per heavy atom. The van der Waals surface area contributed by atoms with Gasteiger partial charge in [0.2, 0.25) is 0 Å². The Labute approximate surface area is 155 Å². The molecular weight excluding hydrogens is 362 g/mol. The lowest BCUT2D eigenvalue weighted by atomic mass is 10.2. The smallest absolute Gasteiger partial charge is 0.257 e. The van der Waals surface area contributed by atoms with Crippen molar-refractivity contribution < 1.29 is 9.26 Å². The summed E-state index contributed by atoms with van der Waals surface area (Å²) in [5.74, 6) is 1.17. The number of nitrogens with two attached hydrogens (primary N) is 1. The van der Waals surface area contributed by atoms with Gasteiger partial charge in [-0.15, -0.1) is 23.7 Å². The van der Waals surface area contributed by atoms with E-state index in [2.05, 4.69) is 20.0 Å². The predicted octanol–water partition coefficient (Wildman–Crippen LogP) is 2.77. The molecule has 0 aliphatic carbocycles. The zero-order valence-corrected chi connectivity index (χ0v) is 15.0. The number of morpholine rings is 1. The molecule has 9 heteroatoms. The Morgan fingerprint density at radius 3 is 2.88 bits per heavy atom. The maximum atomic E-state index is 5.72. The molecule has 1 aliphatic heterocycles. The van der Waals surface area contributed by atoms with Crippen molar-refractivity contribution in [2.24, 2.45) is 0 Å². The Bertz CT molecular complexity index is 810. The van der Waals surface area contributed by atoms with E-state index in [0.717, 1.165) is 23.5 Å². The Balaban J connectivity index is 0.00000182. The normalized spacial score (nSPS) is 18.0. The van der Waals surface area contributed by atoms with Crippen molar-refractivity contribution in [3.8, 4) is 11.5 Å². The quantitative estimate of drug-likeness (QED) is 0.745. The number of benzene rings is 1. The van der Waals surface area contributed by atoms with Gasteiger partial charge in [0.05, 0.1) is 19.3 Å². The first-order valence-corrected chi connectivity index (χ1v) is 8.52. The second kappa shape index (κ2) is 7.92. The van der Waals surface area contributed by atoms with E-state index in [1.807, 2.05) is 36.5 Å². The van der Waals surface area contributed by atoms with Crippen molar-refractivity contribution >= 4 is 28.9 Å². The van der Waals surface area contributed by atoms with Crippen LogP contribution in [0.1, 0.15) is 16.7 Å². The third-order valence-electron chi connectivity index (χ3n) is 3.93. The molecular formula is C16H18ClN5O2S. The highest BCUT2D eigenvalue weighted by atomic mass is 35.5. The second-order valence-corrected chi connectivity index (χ2v) is 6.70. The third-order valence-corrected chi connectivity index (χ3v) is 4.74. The van der Waals surface area contributed by atoms with Crippen molar-refractivity contribution in [2.45, 2.75) is 12.6 Å². The molecule has 0 amide bonds. The molecule has 2 aromatic heterocycles. The van der Waals surface area contributed by atoms with Crippen LogP contribution in [0, 0.1) is 0 Å². The molecule has 1 atom stereocenters. The maximum Gasteiger partial charge on any atom is 0.257 e. The summed E-state index contributed by atoms with van der Waals surface area (Å²) in [5.41, 5.74) is 6.63. The van der Waals surface area contributed by atoms with Gasteiger partial charge in [0.25, 0.3) is 5.89 Å². The zero-order chi connectivity index (χ0) is 16.4. The van der Waals surface area contributed by atoms with E-state index in [4.69, 9.17) is 15.0 Å². The average Bonchev–Trinajstić information content (AvgIpc) is 3.26. The minimum absolute atomic E-state index is 0. The van der Waals surface area contributed by atoms with Crippen molar-refractivity contribution in [2.75, 3.05) is 25.5 Å². The van der Waals surface area contributed by atoms with E-state index < -0.39 is 0 Å². The molecule has 1 aromatic carbocycles. The minimum Gasteiger partial charge on any atom is -0.378 e. The van der Waals surface area contributed by atoms with Gasteiger partial charge < -0.3 is 15.0 Å². The van der Waals surface area contributed by atoms with Crippen LogP contribution in [-0.2, 0) is 11.3 Å².